The second kappa shape index (κ2) is 5.91. The van der Waals surface area contributed by atoms with Crippen molar-refractivity contribution in [2.75, 3.05) is 11.9 Å². The van der Waals surface area contributed by atoms with Gasteiger partial charge in [0.1, 0.15) is 5.82 Å². The van der Waals surface area contributed by atoms with E-state index in [4.69, 9.17) is 0 Å². The molecule has 1 aromatic rings. The molecule has 1 aliphatic carbocycles. The average Bonchev–Trinajstić information content (AvgIpc) is 2.36. The molecule has 1 aromatic heterocycles. The molecular formula is C16H26N2O. The van der Waals surface area contributed by atoms with Crippen LogP contribution in [0.1, 0.15) is 52.0 Å². The number of anilines is 1. The molecule has 1 fully saturated rings. The van der Waals surface area contributed by atoms with E-state index < -0.39 is 0 Å². The van der Waals surface area contributed by atoms with Gasteiger partial charge < -0.3 is 10.4 Å². The molecule has 19 heavy (non-hydrogen) atoms. The van der Waals surface area contributed by atoms with Gasteiger partial charge in [0.15, 0.2) is 0 Å². The Morgan fingerprint density at radius 1 is 1.32 bits per heavy atom. The first-order valence-corrected chi connectivity index (χ1v) is 7.33. The van der Waals surface area contributed by atoms with E-state index in [1.54, 1.807) is 0 Å². The topological polar surface area (TPSA) is 45.1 Å². The number of hydrogen-bond acceptors (Lipinski definition) is 3. The van der Waals surface area contributed by atoms with Crippen LogP contribution in [0.4, 0.5) is 5.82 Å². The molecule has 2 N–H and O–H groups in total. The van der Waals surface area contributed by atoms with Crippen molar-refractivity contribution in [3.05, 3.63) is 23.9 Å². The van der Waals surface area contributed by atoms with Gasteiger partial charge in [-0.25, -0.2) is 4.98 Å². The number of aromatic nitrogens is 1. The van der Waals surface area contributed by atoms with E-state index in [1.807, 2.05) is 6.20 Å². The summed E-state index contributed by atoms with van der Waals surface area (Å²) in [5, 5.41) is 13.1. The molecule has 0 aromatic carbocycles. The second-order valence-electron chi connectivity index (χ2n) is 6.75. The van der Waals surface area contributed by atoms with Gasteiger partial charge in [0.05, 0.1) is 6.10 Å². The first-order chi connectivity index (χ1) is 8.95. The minimum Gasteiger partial charge on any atom is -0.393 e. The van der Waals surface area contributed by atoms with Gasteiger partial charge in [-0.1, -0.05) is 33.3 Å². The van der Waals surface area contributed by atoms with E-state index in [2.05, 4.69) is 43.2 Å². The summed E-state index contributed by atoms with van der Waals surface area (Å²) in [5.74, 6) is 1.51. The molecule has 2 atom stereocenters. The molecule has 106 valence electrons. The van der Waals surface area contributed by atoms with Crippen LogP contribution in [0.3, 0.4) is 0 Å². The predicted octanol–water partition coefficient (Wildman–Crippen LogP) is 3.34. The van der Waals surface area contributed by atoms with Crippen LogP contribution in [0.2, 0.25) is 0 Å². The average molecular weight is 262 g/mol. The Hall–Kier alpha value is -1.09. The summed E-state index contributed by atoms with van der Waals surface area (Å²) in [4.78, 5) is 4.47. The zero-order valence-electron chi connectivity index (χ0n) is 12.3. The molecule has 0 aliphatic heterocycles. The zero-order chi connectivity index (χ0) is 13.9. The first-order valence-electron chi connectivity index (χ1n) is 7.33. The van der Waals surface area contributed by atoms with Gasteiger partial charge in [0.2, 0.25) is 0 Å². The third-order valence-corrected chi connectivity index (χ3v) is 3.96. The van der Waals surface area contributed by atoms with Crippen molar-refractivity contribution in [2.24, 2.45) is 5.92 Å². The fourth-order valence-electron chi connectivity index (χ4n) is 2.64. The normalized spacial score (nSPS) is 24.2. The second-order valence-corrected chi connectivity index (χ2v) is 6.75. The summed E-state index contributed by atoms with van der Waals surface area (Å²) in [6.07, 6.45) is 6.10. The van der Waals surface area contributed by atoms with Crippen LogP contribution in [0.5, 0.6) is 0 Å². The molecule has 2 unspecified atom stereocenters. The lowest BCUT2D eigenvalue weighted by Crippen LogP contribution is -2.25. The summed E-state index contributed by atoms with van der Waals surface area (Å²) >= 11 is 0. The third kappa shape index (κ3) is 4.20. The Morgan fingerprint density at radius 2 is 2.11 bits per heavy atom. The number of nitrogens with one attached hydrogen (secondary N) is 1. The van der Waals surface area contributed by atoms with E-state index in [-0.39, 0.29) is 11.5 Å². The smallest absolute Gasteiger partial charge is 0.125 e. The van der Waals surface area contributed by atoms with Crippen LogP contribution in [0, 0.1) is 5.92 Å². The SMILES string of the molecule is CC(C)(C)c1ccc(NCC2CCCC(O)C2)nc1. The third-order valence-electron chi connectivity index (χ3n) is 3.96. The number of hydrogen-bond donors (Lipinski definition) is 2. The summed E-state index contributed by atoms with van der Waals surface area (Å²) in [7, 11) is 0. The van der Waals surface area contributed by atoms with Crippen molar-refractivity contribution in [3.8, 4) is 0 Å². The van der Waals surface area contributed by atoms with Crippen molar-refractivity contribution in [3.63, 3.8) is 0 Å². The molecule has 0 amide bonds. The Morgan fingerprint density at radius 3 is 2.68 bits per heavy atom. The van der Waals surface area contributed by atoms with Crippen LogP contribution in [-0.4, -0.2) is 22.7 Å². The van der Waals surface area contributed by atoms with Gasteiger partial charge in [-0.05, 0) is 42.2 Å². The maximum atomic E-state index is 9.66. The fourth-order valence-corrected chi connectivity index (χ4v) is 2.64. The number of rotatable bonds is 3. The number of aliphatic hydroxyl groups excluding tert-OH is 1. The Balaban J connectivity index is 1.86. The van der Waals surface area contributed by atoms with Gasteiger partial charge in [-0.3, -0.25) is 0 Å². The van der Waals surface area contributed by atoms with Gasteiger partial charge in [0.25, 0.3) is 0 Å². The molecule has 1 saturated carbocycles. The summed E-state index contributed by atoms with van der Waals surface area (Å²) in [5.41, 5.74) is 1.41. The van der Waals surface area contributed by atoms with Crippen molar-refractivity contribution in [2.45, 2.75) is 58.0 Å². The molecule has 3 heteroatoms. The van der Waals surface area contributed by atoms with Crippen molar-refractivity contribution < 1.29 is 5.11 Å². The molecule has 1 heterocycles. The van der Waals surface area contributed by atoms with Crippen LogP contribution in [0.25, 0.3) is 0 Å². The van der Waals surface area contributed by atoms with E-state index >= 15 is 0 Å². The van der Waals surface area contributed by atoms with E-state index in [0.29, 0.717) is 5.92 Å². The highest BCUT2D eigenvalue weighted by Gasteiger charge is 2.20. The maximum Gasteiger partial charge on any atom is 0.125 e. The van der Waals surface area contributed by atoms with Gasteiger partial charge in [-0.15, -0.1) is 0 Å². The van der Waals surface area contributed by atoms with Gasteiger partial charge in [0, 0.05) is 12.7 Å². The molecule has 0 radical (unpaired) electrons. The monoisotopic (exact) mass is 262 g/mol. The molecular weight excluding hydrogens is 236 g/mol. The van der Waals surface area contributed by atoms with E-state index in [0.717, 1.165) is 31.6 Å². The number of pyridine rings is 1. The molecule has 1 aliphatic rings. The van der Waals surface area contributed by atoms with Gasteiger partial charge >= 0.3 is 0 Å². The van der Waals surface area contributed by atoms with Crippen LogP contribution in [0.15, 0.2) is 18.3 Å². The minimum atomic E-state index is -0.100. The van der Waals surface area contributed by atoms with Crippen molar-refractivity contribution in [1.29, 1.82) is 0 Å². The lowest BCUT2D eigenvalue weighted by atomic mass is 9.87. The quantitative estimate of drug-likeness (QED) is 0.878. The largest absolute Gasteiger partial charge is 0.393 e. The van der Waals surface area contributed by atoms with Crippen LogP contribution < -0.4 is 5.32 Å². The lowest BCUT2D eigenvalue weighted by molar-refractivity contribution is 0.104. The minimum absolute atomic E-state index is 0.100. The van der Waals surface area contributed by atoms with Crippen LogP contribution >= 0.6 is 0 Å². The highest BCUT2D eigenvalue weighted by molar-refractivity contribution is 5.37. The Labute approximate surface area is 116 Å². The molecule has 2 rings (SSSR count). The number of aliphatic hydroxyl groups is 1. The molecule has 0 saturated heterocycles. The first kappa shape index (κ1) is 14.3. The summed E-state index contributed by atoms with van der Waals surface area (Å²) in [6.45, 7) is 7.50. The zero-order valence-corrected chi connectivity index (χ0v) is 12.3. The summed E-state index contributed by atoms with van der Waals surface area (Å²) < 4.78 is 0. The van der Waals surface area contributed by atoms with Gasteiger partial charge in [-0.2, -0.15) is 0 Å². The fraction of sp³-hybridized carbons (Fsp3) is 0.688. The Bertz CT molecular complexity index is 394. The van der Waals surface area contributed by atoms with Crippen molar-refractivity contribution in [1.82, 2.24) is 4.98 Å². The molecule has 0 bridgehead atoms. The van der Waals surface area contributed by atoms with E-state index in [9.17, 15) is 5.11 Å². The molecule has 0 spiro atoms. The van der Waals surface area contributed by atoms with Crippen molar-refractivity contribution >= 4 is 5.82 Å². The Kier molecular flexibility index (Phi) is 4.46. The highest BCUT2D eigenvalue weighted by Crippen LogP contribution is 2.25. The molecule has 3 nitrogen and oxygen atoms in total. The highest BCUT2D eigenvalue weighted by atomic mass is 16.3. The summed E-state index contributed by atoms with van der Waals surface area (Å²) in [6, 6.07) is 4.20. The predicted molar refractivity (Wildman–Crippen MR) is 79.4 cm³/mol. The van der Waals surface area contributed by atoms with Crippen LogP contribution in [-0.2, 0) is 5.41 Å². The standard InChI is InChI=1S/C16H26N2O/c1-16(2,3)13-7-8-15(18-11-13)17-10-12-5-4-6-14(19)9-12/h7-8,11-12,14,19H,4-6,9-10H2,1-3H3,(H,17,18). The maximum absolute atomic E-state index is 9.66. The van der Waals surface area contributed by atoms with E-state index in [1.165, 1.54) is 12.0 Å². The number of nitrogens with zero attached hydrogens (tertiary/aromatic N) is 1. The lowest BCUT2D eigenvalue weighted by Gasteiger charge is -2.26.